The third kappa shape index (κ3) is 2.74. The molecular formula is C10H10O4. The molecule has 0 saturated carbocycles. The summed E-state index contributed by atoms with van der Waals surface area (Å²) in [6.45, 7) is 1.02. The van der Waals surface area contributed by atoms with E-state index in [9.17, 15) is 4.79 Å². The summed E-state index contributed by atoms with van der Waals surface area (Å²) in [6, 6.07) is 3.51. The summed E-state index contributed by atoms with van der Waals surface area (Å²) < 4.78 is 14.8. The SMILES string of the molecule is O=C(C=Cc1ccco1)OCC1CO1. The van der Waals surface area contributed by atoms with Gasteiger partial charge in [0.25, 0.3) is 0 Å². The number of furan rings is 1. The Morgan fingerprint density at radius 1 is 1.71 bits per heavy atom. The van der Waals surface area contributed by atoms with Gasteiger partial charge in [0, 0.05) is 6.08 Å². The summed E-state index contributed by atoms with van der Waals surface area (Å²) in [4.78, 5) is 11.1. The second-order valence-corrected chi connectivity index (χ2v) is 2.93. The molecule has 0 N–H and O–H groups in total. The van der Waals surface area contributed by atoms with Gasteiger partial charge in [-0.3, -0.25) is 0 Å². The number of hydrogen-bond acceptors (Lipinski definition) is 4. The van der Waals surface area contributed by atoms with Gasteiger partial charge in [0.15, 0.2) is 0 Å². The lowest BCUT2D eigenvalue weighted by Gasteiger charge is -1.96. The summed E-state index contributed by atoms with van der Waals surface area (Å²) in [7, 11) is 0. The van der Waals surface area contributed by atoms with E-state index in [2.05, 4.69) is 0 Å². The van der Waals surface area contributed by atoms with Gasteiger partial charge in [-0.25, -0.2) is 4.79 Å². The van der Waals surface area contributed by atoms with Gasteiger partial charge in [0.1, 0.15) is 18.5 Å². The Kier molecular flexibility index (Phi) is 2.65. The fourth-order valence-electron chi connectivity index (χ4n) is 0.924. The first-order valence-electron chi connectivity index (χ1n) is 4.34. The van der Waals surface area contributed by atoms with Crippen LogP contribution in [0.25, 0.3) is 6.08 Å². The minimum absolute atomic E-state index is 0.107. The zero-order valence-corrected chi connectivity index (χ0v) is 7.51. The summed E-state index contributed by atoms with van der Waals surface area (Å²) in [5.74, 6) is 0.251. The number of carbonyl (C=O) groups is 1. The van der Waals surface area contributed by atoms with E-state index in [-0.39, 0.29) is 12.1 Å². The third-order valence-electron chi connectivity index (χ3n) is 1.74. The molecule has 14 heavy (non-hydrogen) atoms. The second-order valence-electron chi connectivity index (χ2n) is 2.93. The van der Waals surface area contributed by atoms with E-state index in [1.54, 1.807) is 24.5 Å². The van der Waals surface area contributed by atoms with E-state index in [0.717, 1.165) is 0 Å². The zero-order valence-electron chi connectivity index (χ0n) is 7.51. The molecule has 0 bridgehead atoms. The fourth-order valence-corrected chi connectivity index (χ4v) is 0.924. The molecule has 4 nitrogen and oxygen atoms in total. The molecule has 0 aromatic carbocycles. The molecule has 4 heteroatoms. The van der Waals surface area contributed by atoms with Crippen LogP contribution in [-0.2, 0) is 14.3 Å². The quantitative estimate of drug-likeness (QED) is 0.411. The number of esters is 1. The smallest absolute Gasteiger partial charge is 0.330 e. The van der Waals surface area contributed by atoms with Crippen LogP contribution in [0.2, 0.25) is 0 Å². The molecule has 1 aliphatic rings. The number of rotatable bonds is 4. The molecule has 1 aliphatic heterocycles. The minimum Gasteiger partial charge on any atom is -0.465 e. The lowest BCUT2D eigenvalue weighted by atomic mass is 10.4. The van der Waals surface area contributed by atoms with Crippen LogP contribution in [-0.4, -0.2) is 25.3 Å². The molecule has 1 aromatic rings. The maximum Gasteiger partial charge on any atom is 0.330 e. The van der Waals surface area contributed by atoms with E-state index >= 15 is 0 Å². The topological polar surface area (TPSA) is 52.0 Å². The van der Waals surface area contributed by atoms with Gasteiger partial charge in [-0.1, -0.05) is 0 Å². The molecule has 1 fully saturated rings. The van der Waals surface area contributed by atoms with Crippen molar-refractivity contribution in [2.24, 2.45) is 0 Å². The highest BCUT2D eigenvalue weighted by atomic mass is 16.6. The molecule has 0 amide bonds. The summed E-state index contributed by atoms with van der Waals surface area (Å²) in [6.07, 6.45) is 4.55. The first-order valence-corrected chi connectivity index (χ1v) is 4.34. The Labute approximate surface area is 81.1 Å². The lowest BCUT2D eigenvalue weighted by Crippen LogP contribution is -2.06. The number of epoxide rings is 1. The molecule has 1 unspecified atom stereocenters. The van der Waals surface area contributed by atoms with Crippen molar-refractivity contribution in [2.75, 3.05) is 13.2 Å². The van der Waals surface area contributed by atoms with Crippen LogP contribution in [0.5, 0.6) is 0 Å². The monoisotopic (exact) mass is 194 g/mol. The summed E-state index contributed by atoms with van der Waals surface area (Å²) >= 11 is 0. The highest BCUT2D eigenvalue weighted by Crippen LogP contribution is 2.09. The van der Waals surface area contributed by atoms with E-state index in [4.69, 9.17) is 13.9 Å². The average molecular weight is 194 g/mol. The predicted molar refractivity (Wildman–Crippen MR) is 48.4 cm³/mol. The van der Waals surface area contributed by atoms with Crippen molar-refractivity contribution < 1.29 is 18.7 Å². The molecule has 2 rings (SSSR count). The van der Waals surface area contributed by atoms with E-state index < -0.39 is 0 Å². The molecular weight excluding hydrogens is 184 g/mol. The van der Waals surface area contributed by atoms with Gasteiger partial charge in [-0.05, 0) is 18.2 Å². The molecule has 0 spiro atoms. The molecule has 0 aliphatic carbocycles. The maximum absolute atomic E-state index is 11.1. The molecule has 74 valence electrons. The fraction of sp³-hybridized carbons (Fsp3) is 0.300. The van der Waals surface area contributed by atoms with Gasteiger partial charge in [-0.15, -0.1) is 0 Å². The van der Waals surface area contributed by atoms with Crippen LogP contribution in [0.1, 0.15) is 5.76 Å². The molecule has 0 radical (unpaired) electrons. The molecule has 1 atom stereocenters. The second kappa shape index (κ2) is 4.11. The van der Waals surface area contributed by atoms with Crippen molar-refractivity contribution in [3.8, 4) is 0 Å². The molecule has 1 aromatic heterocycles. The first kappa shape index (κ1) is 9.02. The predicted octanol–water partition coefficient (Wildman–Crippen LogP) is 1.23. The van der Waals surface area contributed by atoms with Crippen LogP contribution in [0.3, 0.4) is 0 Å². The highest BCUT2D eigenvalue weighted by Gasteiger charge is 2.23. The van der Waals surface area contributed by atoms with Gasteiger partial charge < -0.3 is 13.9 Å². The van der Waals surface area contributed by atoms with Gasteiger partial charge in [0.2, 0.25) is 0 Å². The van der Waals surface area contributed by atoms with Crippen molar-refractivity contribution in [1.82, 2.24) is 0 Å². The lowest BCUT2D eigenvalue weighted by molar-refractivity contribution is -0.138. The van der Waals surface area contributed by atoms with Crippen molar-refractivity contribution in [1.29, 1.82) is 0 Å². The molecule has 2 heterocycles. The maximum atomic E-state index is 11.1. The zero-order chi connectivity index (χ0) is 9.80. The minimum atomic E-state index is -0.378. The standard InChI is InChI=1S/C10H10O4/c11-10(14-7-9-6-13-9)4-3-8-2-1-5-12-8/h1-5,9H,6-7H2. The van der Waals surface area contributed by atoms with Gasteiger partial charge in [0.05, 0.1) is 12.9 Å². The number of ether oxygens (including phenoxy) is 2. The highest BCUT2D eigenvalue weighted by molar-refractivity contribution is 5.86. The van der Waals surface area contributed by atoms with Crippen LogP contribution in [0.4, 0.5) is 0 Å². The van der Waals surface area contributed by atoms with Crippen molar-refractivity contribution in [2.45, 2.75) is 6.10 Å². The Morgan fingerprint density at radius 3 is 3.21 bits per heavy atom. The Hall–Kier alpha value is -1.55. The van der Waals surface area contributed by atoms with Crippen LogP contribution >= 0.6 is 0 Å². The number of carbonyl (C=O) groups excluding carboxylic acids is 1. The summed E-state index contributed by atoms with van der Waals surface area (Å²) in [5.41, 5.74) is 0. The normalized spacial score (nSPS) is 19.9. The summed E-state index contributed by atoms with van der Waals surface area (Å²) in [5, 5.41) is 0. The Bertz CT molecular complexity index is 322. The van der Waals surface area contributed by atoms with E-state index in [1.807, 2.05) is 0 Å². The van der Waals surface area contributed by atoms with Crippen LogP contribution < -0.4 is 0 Å². The average Bonchev–Trinajstić information content (AvgIpc) is 2.87. The van der Waals surface area contributed by atoms with Crippen molar-refractivity contribution >= 4 is 12.0 Å². The van der Waals surface area contributed by atoms with E-state index in [0.29, 0.717) is 19.0 Å². The van der Waals surface area contributed by atoms with Crippen molar-refractivity contribution in [3.05, 3.63) is 30.2 Å². The van der Waals surface area contributed by atoms with Gasteiger partial charge >= 0.3 is 5.97 Å². The Morgan fingerprint density at radius 2 is 2.57 bits per heavy atom. The van der Waals surface area contributed by atoms with Crippen LogP contribution in [0, 0.1) is 0 Å². The largest absolute Gasteiger partial charge is 0.465 e. The van der Waals surface area contributed by atoms with Crippen molar-refractivity contribution in [3.63, 3.8) is 0 Å². The first-order chi connectivity index (χ1) is 6.84. The van der Waals surface area contributed by atoms with Gasteiger partial charge in [-0.2, -0.15) is 0 Å². The third-order valence-corrected chi connectivity index (χ3v) is 1.74. The number of hydrogen-bond donors (Lipinski definition) is 0. The Balaban J connectivity index is 1.75. The van der Waals surface area contributed by atoms with Crippen LogP contribution in [0.15, 0.2) is 28.9 Å². The van der Waals surface area contributed by atoms with E-state index in [1.165, 1.54) is 6.08 Å². The molecule has 1 saturated heterocycles.